The number of aromatic nitrogens is 1. The highest BCUT2D eigenvalue weighted by Crippen LogP contribution is 2.14. The molecule has 1 rings (SSSR count). The van der Waals surface area contributed by atoms with Gasteiger partial charge in [-0.05, 0) is 12.8 Å². The van der Waals surface area contributed by atoms with E-state index in [1.165, 1.54) is 7.11 Å². The lowest BCUT2D eigenvalue weighted by atomic mass is 10.0. The summed E-state index contributed by atoms with van der Waals surface area (Å²) in [4.78, 5) is 16.0. The molecule has 0 amide bonds. The molecule has 0 radical (unpaired) electrons. The van der Waals surface area contributed by atoms with Crippen LogP contribution in [0, 0.1) is 12.8 Å². The van der Waals surface area contributed by atoms with Crippen LogP contribution in [-0.2, 0) is 16.1 Å². The Bertz CT molecular complexity index is 433. The maximum Gasteiger partial charge on any atom is 0.323 e. The summed E-state index contributed by atoms with van der Waals surface area (Å²) >= 11 is 0. The lowest BCUT2D eigenvalue weighted by Gasteiger charge is -2.19. The van der Waals surface area contributed by atoms with Gasteiger partial charge < -0.3 is 9.47 Å². The van der Waals surface area contributed by atoms with Crippen LogP contribution < -0.4 is 10.1 Å². The first-order valence-corrected chi connectivity index (χ1v) is 6.30. The van der Waals surface area contributed by atoms with Gasteiger partial charge in [-0.2, -0.15) is 0 Å². The van der Waals surface area contributed by atoms with E-state index in [2.05, 4.69) is 10.3 Å². The summed E-state index contributed by atoms with van der Waals surface area (Å²) in [5.74, 6) is 0.664. The zero-order valence-corrected chi connectivity index (χ0v) is 12.2. The molecule has 5 nitrogen and oxygen atoms in total. The minimum Gasteiger partial charge on any atom is -0.497 e. The van der Waals surface area contributed by atoms with Gasteiger partial charge in [0.15, 0.2) is 0 Å². The molecule has 0 aliphatic rings. The molecule has 0 aliphatic carbocycles. The fourth-order valence-corrected chi connectivity index (χ4v) is 1.84. The van der Waals surface area contributed by atoms with Gasteiger partial charge in [0.25, 0.3) is 0 Å². The Hall–Kier alpha value is -1.62. The molecule has 1 heterocycles. The van der Waals surface area contributed by atoms with Crippen LogP contribution in [0.3, 0.4) is 0 Å². The van der Waals surface area contributed by atoms with Crippen LogP contribution in [0.25, 0.3) is 0 Å². The molecule has 0 saturated heterocycles. The normalized spacial score (nSPS) is 12.3. The number of carbonyl (C=O) groups is 1. The van der Waals surface area contributed by atoms with Crippen molar-refractivity contribution in [1.82, 2.24) is 10.3 Å². The molecule has 106 valence electrons. The van der Waals surface area contributed by atoms with E-state index in [1.54, 1.807) is 7.11 Å². The number of pyridine rings is 1. The maximum absolute atomic E-state index is 11.6. The number of methoxy groups -OCH3 is 2. The van der Waals surface area contributed by atoms with Gasteiger partial charge in [-0.1, -0.05) is 13.8 Å². The molecule has 1 aromatic heterocycles. The van der Waals surface area contributed by atoms with Crippen LogP contribution in [0.1, 0.15) is 25.2 Å². The summed E-state index contributed by atoms with van der Waals surface area (Å²) in [5.41, 5.74) is 1.72. The van der Waals surface area contributed by atoms with Crippen molar-refractivity contribution in [1.29, 1.82) is 0 Å². The Morgan fingerprint density at radius 3 is 2.58 bits per heavy atom. The summed E-state index contributed by atoms with van der Waals surface area (Å²) in [5, 5.41) is 3.17. The van der Waals surface area contributed by atoms with Crippen LogP contribution in [-0.4, -0.2) is 31.2 Å². The lowest BCUT2D eigenvalue weighted by molar-refractivity contribution is -0.144. The van der Waals surface area contributed by atoms with Crippen LogP contribution in [0.15, 0.2) is 12.1 Å². The van der Waals surface area contributed by atoms with Gasteiger partial charge in [0.1, 0.15) is 11.8 Å². The number of hydrogen-bond acceptors (Lipinski definition) is 5. The van der Waals surface area contributed by atoms with Crippen molar-refractivity contribution in [2.24, 2.45) is 5.92 Å². The van der Waals surface area contributed by atoms with Crippen LogP contribution >= 0.6 is 0 Å². The second kappa shape index (κ2) is 7.09. The van der Waals surface area contributed by atoms with Gasteiger partial charge in [-0.3, -0.25) is 15.1 Å². The third kappa shape index (κ3) is 4.52. The largest absolute Gasteiger partial charge is 0.497 e. The van der Waals surface area contributed by atoms with E-state index in [1.807, 2.05) is 32.9 Å². The topological polar surface area (TPSA) is 60.5 Å². The Balaban J connectivity index is 2.74. The Kier molecular flexibility index (Phi) is 5.76. The Morgan fingerprint density at radius 1 is 1.37 bits per heavy atom. The molecule has 0 saturated carbocycles. The standard InChI is InChI=1S/C14H22N2O3/c1-9(2)13(14(17)19-5)15-8-11-7-12(18-4)6-10(3)16-11/h6-7,9,13,15H,8H2,1-5H3. The third-order valence-corrected chi connectivity index (χ3v) is 2.84. The number of nitrogens with one attached hydrogen (secondary N) is 1. The number of hydrogen-bond donors (Lipinski definition) is 1. The van der Waals surface area contributed by atoms with E-state index in [0.717, 1.165) is 17.1 Å². The highest BCUT2D eigenvalue weighted by atomic mass is 16.5. The summed E-state index contributed by atoms with van der Waals surface area (Å²) in [7, 11) is 3.02. The van der Waals surface area contributed by atoms with Crippen molar-refractivity contribution < 1.29 is 14.3 Å². The molecular formula is C14H22N2O3. The smallest absolute Gasteiger partial charge is 0.323 e. The number of esters is 1. The van der Waals surface area contributed by atoms with Gasteiger partial charge >= 0.3 is 5.97 Å². The predicted molar refractivity (Wildman–Crippen MR) is 73.0 cm³/mol. The van der Waals surface area contributed by atoms with Gasteiger partial charge in [0.05, 0.1) is 19.9 Å². The van der Waals surface area contributed by atoms with Crippen molar-refractivity contribution in [2.45, 2.75) is 33.4 Å². The molecule has 0 fully saturated rings. The molecule has 1 atom stereocenters. The fraction of sp³-hybridized carbons (Fsp3) is 0.571. The molecule has 1 aromatic rings. The van der Waals surface area contributed by atoms with Crippen molar-refractivity contribution in [3.63, 3.8) is 0 Å². The minimum absolute atomic E-state index is 0.152. The Morgan fingerprint density at radius 2 is 2.05 bits per heavy atom. The first kappa shape index (κ1) is 15.4. The van der Waals surface area contributed by atoms with E-state index in [9.17, 15) is 4.79 Å². The van der Waals surface area contributed by atoms with Crippen molar-refractivity contribution in [2.75, 3.05) is 14.2 Å². The summed E-state index contributed by atoms with van der Waals surface area (Å²) in [6, 6.07) is 3.39. The zero-order valence-electron chi connectivity index (χ0n) is 12.2. The number of carbonyl (C=O) groups excluding carboxylic acids is 1. The van der Waals surface area contributed by atoms with Crippen LogP contribution in [0.2, 0.25) is 0 Å². The van der Waals surface area contributed by atoms with E-state index < -0.39 is 0 Å². The zero-order chi connectivity index (χ0) is 14.4. The average Bonchev–Trinajstić information content (AvgIpc) is 2.37. The second-order valence-corrected chi connectivity index (χ2v) is 4.77. The quantitative estimate of drug-likeness (QED) is 0.794. The monoisotopic (exact) mass is 266 g/mol. The summed E-state index contributed by atoms with van der Waals surface area (Å²) in [6.07, 6.45) is 0. The minimum atomic E-state index is -0.335. The van der Waals surface area contributed by atoms with Crippen LogP contribution in [0.5, 0.6) is 5.75 Å². The SMILES string of the molecule is COC(=O)C(NCc1cc(OC)cc(C)n1)C(C)C. The van der Waals surface area contributed by atoms with Gasteiger partial charge in [0.2, 0.25) is 0 Å². The van der Waals surface area contributed by atoms with Crippen molar-refractivity contribution in [3.05, 3.63) is 23.5 Å². The Labute approximate surface area is 114 Å². The van der Waals surface area contributed by atoms with Gasteiger partial charge in [-0.25, -0.2) is 0 Å². The molecular weight excluding hydrogens is 244 g/mol. The second-order valence-electron chi connectivity index (χ2n) is 4.77. The van der Waals surface area contributed by atoms with Gasteiger partial charge in [0, 0.05) is 24.4 Å². The van der Waals surface area contributed by atoms with E-state index in [0.29, 0.717) is 6.54 Å². The number of rotatable bonds is 6. The van der Waals surface area contributed by atoms with Crippen molar-refractivity contribution >= 4 is 5.97 Å². The molecule has 19 heavy (non-hydrogen) atoms. The molecule has 0 aromatic carbocycles. The molecule has 5 heteroatoms. The molecule has 1 N–H and O–H groups in total. The highest BCUT2D eigenvalue weighted by Gasteiger charge is 2.22. The third-order valence-electron chi connectivity index (χ3n) is 2.84. The van der Waals surface area contributed by atoms with E-state index in [-0.39, 0.29) is 17.9 Å². The first-order valence-electron chi connectivity index (χ1n) is 6.30. The predicted octanol–water partition coefficient (Wildman–Crippen LogP) is 1.69. The maximum atomic E-state index is 11.6. The van der Waals surface area contributed by atoms with Crippen molar-refractivity contribution in [3.8, 4) is 5.75 Å². The highest BCUT2D eigenvalue weighted by molar-refractivity contribution is 5.75. The van der Waals surface area contributed by atoms with Gasteiger partial charge in [-0.15, -0.1) is 0 Å². The average molecular weight is 266 g/mol. The molecule has 0 spiro atoms. The van der Waals surface area contributed by atoms with Crippen LogP contribution in [0.4, 0.5) is 0 Å². The number of nitrogens with zero attached hydrogens (tertiary/aromatic N) is 1. The molecule has 0 aliphatic heterocycles. The number of aryl methyl sites for hydroxylation is 1. The molecule has 0 bridgehead atoms. The lowest BCUT2D eigenvalue weighted by Crippen LogP contribution is -2.41. The molecule has 1 unspecified atom stereocenters. The summed E-state index contributed by atoms with van der Waals surface area (Å²) in [6.45, 7) is 6.35. The van der Waals surface area contributed by atoms with E-state index >= 15 is 0 Å². The summed E-state index contributed by atoms with van der Waals surface area (Å²) < 4.78 is 9.98. The first-order chi connectivity index (χ1) is 8.97. The number of ether oxygens (including phenoxy) is 2. The fourth-order valence-electron chi connectivity index (χ4n) is 1.84. The van der Waals surface area contributed by atoms with E-state index in [4.69, 9.17) is 9.47 Å².